The SMILES string of the molecule is C=C(C)c1cc(C(=O)OC)cc(C(C)(C)C)c1OC. The zero-order chi connectivity index (χ0) is 14.8. The summed E-state index contributed by atoms with van der Waals surface area (Å²) in [6.07, 6.45) is 0. The van der Waals surface area contributed by atoms with Crippen molar-refractivity contribution in [3.8, 4) is 5.75 Å². The van der Waals surface area contributed by atoms with E-state index in [4.69, 9.17) is 9.47 Å². The fraction of sp³-hybridized carbons (Fsp3) is 0.438. The van der Waals surface area contributed by atoms with Crippen molar-refractivity contribution in [1.29, 1.82) is 0 Å². The van der Waals surface area contributed by atoms with Crippen LogP contribution in [-0.2, 0) is 10.2 Å². The molecule has 0 fully saturated rings. The average Bonchev–Trinajstić information content (AvgIpc) is 2.34. The number of rotatable bonds is 3. The zero-order valence-electron chi connectivity index (χ0n) is 12.6. The molecule has 19 heavy (non-hydrogen) atoms. The second-order valence-electron chi connectivity index (χ2n) is 5.63. The Labute approximate surface area is 115 Å². The number of carbonyl (C=O) groups excluding carboxylic acids is 1. The van der Waals surface area contributed by atoms with Gasteiger partial charge in [-0.1, -0.05) is 27.4 Å². The monoisotopic (exact) mass is 262 g/mol. The largest absolute Gasteiger partial charge is 0.496 e. The van der Waals surface area contributed by atoms with Crippen LogP contribution in [0, 0.1) is 0 Å². The molecule has 0 aliphatic carbocycles. The van der Waals surface area contributed by atoms with Crippen LogP contribution in [0.25, 0.3) is 5.57 Å². The first-order valence-electron chi connectivity index (χ1n) is 6.19. The summed E-state index contributed by atoms with van der Waals surface area (Å²) in [5.41, 5.74) is 3.05. The minimum absolute atomic E-state index is 0.139. The number of methoxy groups -OCH3 is 2. The van der Waals surface area contributed by atoms with Gasteiger partial charge in [-0.15, -0.1) is 0 Å². The van der Waals surface area contributed by atoms with Gasteiger partial charge in [0.05, 0.1) is 19.8 Å². The Bertz CT molecular complexity index is 507. The Kier molecular flexibility index (Phi) is 4.40. The number of hydrogen-bond donors (Lipinski definition) is 0. The van der Waals surface area contributed by atoms with Crippen LogP contribution in [-0.4, -0.2) is 20.2 Å². The maximum Gasteiger partial charge on any atom is 0.337 e. The summed E-state index contributed by atoms with van der Waals surface area (Å²) in [5.74, 6) is 0.420. The third kappa shape index (κ3) is 3.16. The standard InChI is InChI=1S/C16H22O3/c1-10(2)12-8-11(15(17)19-7)9-13(14(12)18-6)16(3,4)5/h8-9H,1H2,2-7H3. The molecule has 0 saturated heterocycles. The number of benzene rings is 1. The third-order valence-corrected chi connectivity index (χ3v) is 2.98. The molecule has 0 aliphatic rings. The first kappa shape index (κ1) is 15.3. The molecular formula is C16H22O3. The van der Waals surface area contributed by atoms with Crippen molar-refractivity contribution in [1.82, 2.24) is 0 Å². The Balaban J connectivity index is 3.64. The Morgan fingerprint density at radius 2 is 1.79 bits per heavy atom. The Morgan fingerprint density at radius 1 is 1.21 bits per heavy atom. The highest BCUT2D eigenvalue weighted by atomic mass is 16.5. The summed E-state index contributed by atoms with van der Waals surface area (Å²) < 4.78 is 10.3. The molecule has 0 amide bonds. The van der Waals surface area contributed by atoms with Crippen molar-refractivity contribution >= 4 is 11.5 Å². The number of esters is 1. The maximum absolute atomic E-state index is 11.8. The van der Waals surface area contributed by atoms with Gasteiger partial charge in [0.2, 0.25) is 0 Å². The summed E-state index contributed by atoms with van der Waals surface area (Å²) in [7, 11) is 3.01. The van der Waals surface area contributed by atoms with Crippen LogP contribution in [0.2, 0.25) is 0 Å². The molecule has 0 bridgehead atoms. The van der Waals surface area contributed by atoms with Crippen LogP contribution in [0.4, 0.5) is 0 Å². The lowest BCUT2D eigenvalue weighted by Crippen LogP contribution is -2.16. The van der Waals surface area contributed by atoms with Gasteiger partial charge in [0.25, 0.3) is 0 Å². The van der Waals surface area contributed by atoms with Crippen molar-refractivity contribution in [2.24, 2.45) is 0 Å². The van der Waals surface area contributed by atoms with E-state index in [-0.39, 0.29) is 11.4 Å². The van der Waals surface area contributed by atoms with E-state index in [9.17, 15) is 4.79 Å². The topological polar surface area (TPSA) is 35.5 Å². The van der Waals surface area contributed by atoms with E-state index >= 15 is 0 Å². The summed E-state index contributed by atoms with van der Waals surface area (Å²) in [4.78, 5) is 11.8. The Morgan fingerprint density at radius 3 is 2.16 bits per heavy atom. The molecule has 1 aromatic rings. The quantitative estimate of drug-likeness (QED) is 0.777. The highest BCUT2D eigenvalue weighted by Gasteiger charge is 2.24. The third-order valence-electron chi connectivity index (χ3n) is 2.98. The highest BCUT2D eigenvalue weighted by Crippen LogP contribution is 2.37. The molecule has 0 saturated carbocycles. The van der Waals surface area contributed by atoms with Crippen LogP contribution in [0.15, 0.2) is 18.7 Å². The molecule has 0 unspecified atom stereocenters. The molecule has 0 aliphatic heterocycles. The second kappa shape index (κ2) is 5.47. The molecule has 0 atom stereocenters. The van der Waals surface area contributed by atoms with Crippen molar-refractivity contribution in [2.75, 3.05) is 14.2 Å². The summed E-state index contributed by atoms with van der Waals surface area (Å²) >= 11 is 0. The van der Waals surface area contributed by atoms with E-state index in [0.717, 1.165) is 22.4 Å². The number of hydrogen-bond acceptors (Lipinski definition) is 3. The van der Waals surface area contributed by atoms with Crippen LogP contribution < -0.4 is 4.74 Å². The van der Waals surface area contributed by atoms with Crippen molar-refractivity contribution in [2.45, 2.75) is 33.1 Å². The summed E-state index contributed by atoms with van der Waals surface area (Å²) in [6.45, 7) is 12.1. The van der Waals surface area contributed by atoms with Crippen molar-refractivity contribution in [3.05, 3.63) is 35.4 Å². The fourth-order valence-corrected chi connectivity index (χ4v) is 1.96. The lowest BCUT2D eigenvalue weighted by molar-refractivity contribution is 0.0600. The molecule has 0 radical (unpaired) electrons. The van der Waals surface area contributed by atoms with Gasteiger partial charge >= 0.3 is 5.97 Å². The van der Waals surface area contributed by atoms with Crippen LogP contribution >= 0.6 is 0 Å². The molecule has 104 valence electrons. The number of carbonyl (C=O) groups is 1. The first-order chi connectivity index (χ1) is 8.72. The predicted molar refractivity (Wildman–Crippen MR) is 77.7 cm³/mol. The molecule has 0 N–H and O–H groups in total. The van der Waals surface area contributed by atoms with Gasteiger partial charge in [0, 0.05) is 11.1 Å². The van der Waals surface area contributed by atoms with Gasteiger partial charge in [0.1, 0.15) is 5.75 Å². The minimum atomic E-state index is -0.351. The lowest BCUT2D eigenvalue weighted by atomic mass is 9.83. The molecule has 1 rings (SSSR count). The van der Waals surface area contributed by atoms with Gasteiger partial charge in [-0.05, 0) is 30.0 Å². The van der Waals surface area contributed by atoms with Crippen LogP contribution in [0.5, 0.6) is 5.75 Å². The number of ether oxygens (including phenoxy) is 2. The molecular weight excluding hydrogens is 240 g/mol. The molecule has 0 heterocycles. The van der Waals surface area contributed by atoms with E-state index < -0.39 is 0 Å². The van der Waals surface area contributed by atoms with Gasteiger partial charge in [-0.2, -0.15) is 0 Å². The molecule has 0 spiro atoms. The van der Waals surface area contributed by atoms with E-state index in [2.05, 4.69) is 27.4 Å². The number of allylic oxidation sites excluding steroid dienone is 1. The van der Waals surface area contributed by atoms with E-state index in [1.165, 1.54) is 7.11 Å². The van der Waals surface area contributed by atoms with Gasteiger partial charge in [-0.25, -0.2) is 4.79 Å². The molecule has 1 aromatic carbocycles. The van der Waals surface area contributed by atoms with Crippen molar-refractivity contribution < 1.29 is 14.3 Å². The molecule has 0 aromatic heterocycles. The zero-order valence-corrected chi connectivity index (χ0v) is 12.6. The summed E-state index contributed by atoms with van der Waals surface area (Å²) in [6, 6.07) is 3.60. The minimum Gasteiger partial charge on any atom is -0.496 e. The van der Waals surface area contributed by atoms with Gasteiger partial charge in [-0.3, -0.25) is 0 Å². The molecule has 3 nitrogen and oxygen atoms in total. The first-order valence-corrected chi connectivity index (χ1v) is 6.19. The lowest BCUT2D eigenvalue weighted by Gasteiger charge is -2.25. The van der Waals surface area contributed by atoms with Crippen LogP contribution in [0.1, 0.15) is 49.2 Å². The maximum atomic E-state index is 11.8. The fourth-order valence-electron chi connectivity index (χ4n) is 1.96. The molecule has 3 heteroatoms. The van der Waals surface area contributed by atoms with E-state index in [0.29, 0.717) is 5.56 Å². The normalized spacial score (nSPS) is 11.1. The highest BCUT2D eigenvalue weighted by molar-refractivity contribution is 5.91. The van der Waals surface area contributed by atoms with Gasteiger partial charge < -0.3 is 9.47 Å². The summed E-state index contributed by atoms with van der Waals surface area (Å²) in [5, 5.41) is 0. The van der Waals surface area contributed by atoms with E-state index in [1.807, 2.05) is 13.0 Å². The van der Waals surface area contributed by atoms with Crippen LogP contribution in [0.3, 0.4) is 0 Å². The van der Waals surface area contributed by atoms with Gasteiger partial charge in [0.15, 0.2) is 0 Å². The van der Waals surface area contributed by atoms with E-state index in [1.54, 1.807) is 13.2 Å². The second-order valence-corrected chi connectivity index (χ2v) is 5.63. The Hall–Kier alpha value is -1.77. The smallest absolute Gasteiger partial charge is 0.337 e. The average molecular weight is 262 g/mol. The predicted octanol–water partition coefficient (Wildman–Crippen LogP) is 3.81. The van der Waals surface area contributed by atoms with Crippen molar-refractivity contribution in [3.63, 3.8) is 0 Å².